The van der Waals surface area contributed by atoms with Gasteiger partial charge in [-0.15, -0.1) is 0 Å². The molecule has 0 aliphatic heterocycles. The molecule has 0 saturated carbocycles. The fraction of sp³-hybridized carbons (Fsp3) is 0.0455. The number of anilines is 1. The minimum atomic E-state index is -0.941. The molecule has 146 valence electrons. The Morgan fingerprint density at radius 3 is 1.90 bits per heavy atom. The molecule has 0 atom stereocenters. The van der Waals surface area contributed by atoms with Gasteiger partial charge < -0.3 is 10.1 Å². The number of rotatable bonds is 6. The molecule has 3 aromatic rings. The van der Waals surface area contributed by atoms with Crippen molar-refractivity contribution in [3.8, 4) is 0 Å². The van der Waals surface area contributed by atoms with Crippen molar-refractivity contribution in [1.82, 2.24) is 0 Å². The van der Waals surface area contributed by atoms with Crippen LogP contribution in [0.4, 0.5) is 14.5 Å². The number of para-hydroxylation sites is 1. The van der Waals surface area contributed by atoms with Crippen molar-refractivity contribution < 1.29 is 27.9 Å². The number of esters is 1. The number of ether oxygens (including phenoxy) is 1. The highest BCUT2D eigenvalue weighted by molar-refractivity contribution is 6.09. The van der Waals surface area contributed by atoms with E-state index >= 15 is 0 Å². The fourth-order valence-electron chi connectivity index (χ4n) is 2.52. The van der Waals surface area contributed by atoms with Gasteiger partial charge in [0.1, 0.15) is 17.3 Å². The van der Waals surface area contributed by atoms with Crippen molar-refractivity contribution in [2.45, 2.75) is 0 Å². The molecule has 0 heterocycles. The molecule has 0 saturated heterocycles. The summed E-state index contributed by atoms with van der Waals surface area (Å²) < 4.78 is 31.9. The molecule has 5 nitrogen and oxygen atoms in total. The summed E-state index contributed by atoms with van der Waals surface area (Å²) in [4.78, 5) is 36.2. The zero-order chi connectivity index (χ0) is 20.8. The van der Waals surface area contributed by atoms with Gasteiger partial charge in [0.15, 0.2) is 12.4 Å². The van der Waals surface area contributed by atoms with Crippen LogP contribution in [-0.4, -0.2) is 24.3 Å². The molecule has 0 spiro atoms. The minimum absolute atomic E-state index is 0.125. The van der Waals surface area contributed by atoms with Gasteiger partial charge >= 0.3 is 5.97 Å². The summed E-state index contributed by atoms with van der Waals surface area (Å²) in [5.74, 6) is -3.78. The topological polar surface area (TPSA) is 72.5 Å². The Balaban J connectivity index is 1.58. The van der Waals surface area contributed by atoms with Gasteiger partial charge in [0, 0.05) is 11.1 Å². The number of nitrogens with one attached hydrogen (secondary N) is 1. The summed E-state index contributed by atoms with van der Waals surface area (Å²) in [6.07, 6.45) is 0. The van der Waals surface area contributed by atoms with E-state index in [2.05, 4.69) is 0 Å². The molecule has 0 aliphatic carbocycles. The molecular weight excluding hydrogens is 380 g/mol. The van der Waals surface area contributed by atoms with Crippen LogP contribution in [0.1, 0.15) is 26.3 Å². The van der Waals surface area contributed by atoms with E-state index in [1.165, 1.54) is 24.3 Å². The maximum atomic E-state index is 13.5. The second-order valence-corrected chi connectivity index (χ2v) is 5.99. The summed E-state index contributed by atoms with van der Waals surface area (Å²) >= 11 is 0. The normalized spacial score (nSPS) is 10.3. The lowest BCUT2D eigenvalue weighted by Gasteiger charge is -2.08. The van der Waals surface area contributed by atoms with E-state index in [9.17, 15) is 23.2 Å². The second kappa shape index (κ2) is 8.88. The lowest BCUT2D eigenvalue weighted by atomic mass is 10.0. The van der Waals surface area contributed by atoms with Gasteiger partial charge in [-0.3, -0.25) is 9.59 Å². The second-order valence-electron chi connectivity index (χ2n) is 5.99. The summed E-state index contributed by atoms with van der Waals surface area (Å²) in [5, 5.41) is 2.02. The average Bonchev–Trinajstić information content (AvgIpc) is 2.75. The number of carbonyl (C=O) groups is 3. The molecule has 1 N–H and O–H groups in total. The smallest absolute Gasteiger partial charge is 0.338 e. The number of ketones is 1. The van der Waals surface area contributed by atoms with Crippen molar-refractivity contribution >= 4 is 23.3 Å². The predicted molar refractivity (Wildman–Crippen MR) is 102 cm³/mol. The van der Waals surface area contributed by atoms with Crippen molar-refractivity contribution in [1.29, 1.82) is 0 Å². The number of benzene rings is 3. The molecular formula is C22H15F2NO4. The standard InChI is InChI=1S/C22H15F2NO4/c23-17-7-4-8-18(24)20(17)25-19(26)13-29-22(28)16-11-9-15(10-12-16)21(27)14-5-2-1-3-6-14/h1-12H,13H2,(H,25,26). The third kappa shape index (κ3) is 4.90. The first-order valence-corrected chi connectivity index (χ1v) is 8.56. The van der Waals surface area contributed by atoms with E-state index in [1.807, 2.05) is 5.32 Å². The first-order chi connectivity index (χ1) is 14.0. The van der Waals surface area contributed by atoms with Crippen molar-refractivity contribution in [2.24, 2.45) is 0 Å². The van der Waals surface area contributed by atoms with Crippen molar-refractivity contribution in [2.75, 3.05) is 11.9 Å². The van der Waals surface area contributed by atoms with Crippen molar-refractivity contribution in [3.63, 3.8) is 0 Å². The van der Waals surface area contributed by atoms with Gasteiger partial charge in [-0.25, -0.2) is 13.6 Å². The molecule has 29 heavy (non-hydrogen) atoms. The minimum Gasteiger partial charge on any atom is -0.452 e. The van der Waals surface area contributed by atoms with E-state index in [0.717, 1.165) is 18.2 Å². The molecule has 3 aromatic carbocycles. The van der Waals surface area contributed by atoms with Gasteiger partial charge in [-0.2, -0.15) is 0 Å². The summed E-state index contributed by atoms with van der Waals surface area (Å²) in [5.41, 5.74) is 0.414. The first kappa shape index (κ1) is 19.9. The zero-order valence-electron chi connectivity index (χ0n) is 15.0. The largest absolute Gasteiger partial charge is 0.452 e. The van der Waals surface area contributed by atoms with Crippen LogP contribution < -0.4 is 5.32 Å². The molecule has 0 aliphatic rings. The van der Waals surface area contributed by atoms with Gasteiger partial charge in [-0.05, 0) is 24.3 Å². The molecule has 0 bridgehead atoms. The quantitative estimate of drug-likeness (QED) is 0.506. The lowest BCUT2D eigenvalue weighted by Crippen LogP contribution is -2.22. The highest BCUT2D eigenvalue weighted by Crippen LogP contribution is 2.18. The number of hydrogen-bond acceptors (Lipinski definition) is 4. The van der Waals surface area contributed by atoms with Crippen LogP contribution in [0.25, 0.3) is 0 Å². The Labute approximate surface area is 164 Å². The Morgan fingerprint density at radius 2 is 1.28 bits per heavy atom. The summed E-state index contributed by atoms with van der Waals surface area (Å²) in [7, 11) is 0. The average molecular weight is 395 g/mol. The summed E-state index contributed by atoms with van der Waals surface area (Å²) in [6, 6.07) is 17.5. The van der Waals surface area contributed by atoms with Gasteiger partial charge in [0.25, 0.3) is 5.91 Å². The van der Waals surface area contributed by atoms with Crippen LogP contribution in [0.2, 0.25) is 0 Å². The molecule has 7 heteroatoms. The highest BCUT2D eigenvalue weighted by Gasteiger charge is 2.15. The number of hydrogen-bond donors (Lipinski definition) is 1. The predicted octanol–water partition coefficient (Wildman–Crippen LogP) is 3.99. The van der Waals surface area contributed by atoms with E-state index in [1.54, 1.807) is 30.3 Å². The Bertz CT molecular complexity index is 1030. The van der Waals surface area contributed by atoms with Gasteiger partial charge in [-0.1, -0.05) is 48.5 Å². The van der Waals surface area contributed by atoms with E-state index in [0.29, 0.717) is 11.1 Å². The molecule has 0 unspecified atom stereocenters. The van der Waals surface area contributed by atoms with Crippen molar-refractivity contribution in [3.05, 3.63) is 101 Å². The zero-order valence-corrected chi connectivity index (χ0v) is 15.0. The van der Waals surface area contributed by atoms with Crippen LogP contribution in [0.15, 0.2) is 72.8 Å². The van der Waals surface area contributed by atoms with Crippen LogP contribution in [0, 0.1) is 11.6 Å². The van der Waals surface area contributed by atoms with E-state index in [-0.39, 0.29) is 11.3 Å². The van der Waals surface area contributed by atoms with Crippen LogP contribution in [0.5, 0.6) is 0 Å². The number of halogens is 2. The Morgan fingerprint density at radius 1 is 0.724 bits per heavy atom. The molecule has 3 rings (SSSR count). The van der Waals surface area contributed by atoms with Gasteiger partial charge in [0.05, 0.1) is 5.56 Å². The van der Waals surface area contributed by atoms with Crippen LogP contribution in [-0.2, 0) is 9.53 Å². The monoisotopic (exact) mass is 395 g/mol. The lowest BCUT2D eigenvalue weighted by molar-refractivity contribution is -0.119. The third-order valence-corrected chi connectivity index (χ3v) is 3.98. The van der Waals surface area contributed by atoms with E-state index < -0.39 is 35.8 Å². The van der Waals surface area contributed by atoms with Crippen LogP contribution >= 0.6 is 0 Å². The highest BCUT2D eigenvalue weighted by atomic mass is 19.1. The molecule has 0 radical (unpaired) electrons. The SMILES string of the molecule is O=C(COC(=O)c1ccc(C(=O)c2ccccc2)cc1)Nc1c(F)cccc1F. The summed E-state index contributed by atoms with van der Waals surface area (Å²) in [6.45, 7) is -0.725. The maximum Gasteiger partial charge on any atom is 0.338 e. The number of amides is 1. The van der Waals surface area contributed by atoms with E-state index in [4.69, 9.17) is 4.74 Å². The first-order valence-electron chi connectivity index (χ1n) is 8.56. The molecule has 1 amide bonds. The number of carbonyl (C=O) groups excluding carboxylic acids is 3. The van der Waals surface area contributed by atoms with Crippen LogP contribution in [0.3, 0.4) is 0 Å². The fourth-order valence-corrected chi connectivity index (χ4v) is 2.52. The maximum absolute atomic E-state index is 13.5. The Kier molecular flexibility index (Phi) is 6.09. The third-order valence-electron chi connectivity index (χ3n) is 3.98. The molecule has 0 aromatic heterocycles. The van der Waals surface area contributed by atoms with Gasteiger partial charge in [0.2, 0.25) is 0 Å². The molecule has 0 fully saturated rings. The Hall–Kier alpha value is -3.87.